The smallest absolute Gasteiger partial charge is 0.272 e. The SMILES string of the molecule is CC1(C)CC2CC(C)(CN2C(=O)c2ccc(N)cn2)C1.Cl. The van der Waals surface area contributed by atoms with Crippen molar-refractivity contribution in [1.29, 1.82) is 0 Å². The number of pyridine rings is 1. The lowest BCUT2D eigenvalue weighted by Crippen LogP contribution is -2.38. The van der Waals surface area contributed by atoms with Gasteiger partial charge in [-0.3, -0.25) is 4.79 Å². The topological polar surface area (TPSA) is 59.2 Å². The number of nitrogens with two attached hydrogens (primary N) is 1. The molecule has 21 heavy (non-hydrogen) atoms. The van der Waals surface area contributed by atoms with Crippen molar-refractivity contribution in [2.75, 3.05) is 12.3 Å². The fourth-order valence-corrected chi connectivity index (χ4v) is 4.38. The fraction of sp³-hybridized carbons (Fsp3) is 0.625. The first-order valence-corrected chi connectivity index (χ1v) is 7.31. The molecule has 1 aromatic heterocycles. The number of amides is 1. The maximum absolute atomic E-state index is 12.7. The van der Waals surface area contributed by atoms with Crippen LogP contribution in [0.15, 0.2) is 18.3 Å². The summed E-state index contributed by atoms with van der Waals surface area (Å²) in [7, 11) is 0. The summed E-state index contributed by atoms with van der Waals surface area (Å²) >= 11 is 0. The number of halogens is 1. The lowest BCUT2D eigenvalue weighted by atomic mass is 9.65. The normalized spacial score (nSPS) is 29.9. The molecule has 1 aliphatic heterocycles. The molecule has 2 fully saturated rings. The average molecular weight is 310 g/mol. The Morgan fingerprint density at radius 3 is 2.67 bits per heavy atom. The van der Waals surface area contributed by atoms with Crippen LogP contribution in [0.2, 0.25) is 0 Å². The molecule has 116 valence electrons. The largest absolute Gasteiger partial charge is 0.397 e. The molecule has 1 saturated heterocycles. The standard InChI is InChI=1S/C16H23N3O.ClH/c1-15(2)6-12-7-16(3,9-15)10-19(12)14(20)13-5-4-11(17)8-18-13;/h4-5,8,12H,6-7,9-10,17H2,1-3H3;1H. The second kappa shape index (κ2) is 5.16. The van der Waals surface area contributed by atoms with E-state index in [1.807, 2.05) is 4.90 Å². The van der Waals surface area contributed by atoms with Gasteiger partial charge in [0.05, 0.1) is 11.9 Å². The van der Waals surface area contributed by atoms with Gasteiger partial charge in [-0.05, 0) is 42.2 Å². The zero-order valence-electron chi connectivity index (χ0n) is 12.9. The number of fused-ring (bicyclic) bond motifs is 2. The van der Waals surface area contributed by atoms with Gasteiger partial charge in [-0.25, -0.2) is 4.98 Å². The molecule has 5 heteroatoms. The van der Waals surface area contributed by atoms with E-state index in [2.05, 4.69) is 25.8 Å². The van der Waals surface area contributed by atoms with Crippen molar-refractivity contribution < 1.29 is 4.79 Å². The number of hydrogen-bond acceptors (Lipinski definition) is 3. The van der Waals surface area contributed by atoms with Crippen LogP contribution in [0.25, 0.3) is 0 Å². The number of carbonyl (C=O) groups excluding carboxylic acids is 1. The molecule has 2 atom stereocenters. The second-order valence-corrected chi connectivity index (χ2v) is 7.62. The van der Waals surface area contributed by atoms with Gasteiger partial charge in [-0.15, -0.1) is 12.4 Å². The molecule has 2 unspecified atom stereocenters. The monoisotopic (exact) mass is 309 g/mol. The van der Waals surface area contributed by atoms with Gasteiger partial charge in [0.2, 0.25) is 0 Å². The van der Waals surface area contributed by atoms with Crippen molar-refractivity contribution in [3.05, 3.63) is 24.0 Å². The maximum Gasteiger partial charge on any atom is 0.272 e. The number of aromatic nitrogens is 1. The zero-order valence-corrected chi connectivity index (χ0v) is 13.7. The molecular formula is C16H24ClN3O. The Bertz CT molecular complexity index is 543. The molecule has 1 aromatic rings. The Kier molecular flexibility index (Phi) is 3.96. The zero-order chi connectivity index (χ0) is 14.5. The summed E-state index contributed by atoms with van der Waals surface area (Å²) in [5.74, 6) is 0.0522. The average Bonchev–Trinajstić information content (AvgIpc) is 2.58. The number of rotatable bonds is 1. The van der Waals surface area contributed by atoms with Gasteiger partial charge in [0.15, 0.2) is 0 Å². The summed E-state index contributed by atoms with van der Waals surface area (Å²) < 4.78 is 0. The lowest BCUT2D eigenvalue weighted by Gasteiger charge is -2.39. The summed E-state index contributed by atoms with van der Waals surface area (Å²) in [6.07, 6.45) is 4.96. The van der Waals surface area contributed by atoms with Crippen LogP contribution in [0, 0.1) is 10.8 Å². The number of anilines is 1. The highest BCUT2D eigenvalue weighted by molar-refractivity contribution is 5.93. The highest BCUT2D eigenvalue weighted by Gasteiger charge is 2.51. The Labute approximate surface area is 132 Å². The van der Waals surface area contributed by atoms with Crippen LogP contribution in [-0.2, 0) is 0 Å². The second-order valence-electron chi connectivity index (χ2n) is 7.62. The van der Waals surface area contributed by atoms with Crippen molar-refractivity contribution in [3.63, 3.8) is 0 Å². The van der Waals surface area contributed by atoms with Crippen LogP contribution in [0.3, 0.4) is 0 Å². The van der Waals surface area contributed by atoms with Crippen LogP contribution < -0.4 is 5.73 Å². The van der Waals surface area contributed by atoms with Gasteiger partial charge < -0.3 is 10.6 Å². The minimum absolute atomic E-state index is 0. The van der Waals surface area contributed by atoms with E-state index < -0.39 is 0 Å². The molecule has 1 amide bonds. The minimum atomic E-state index is 0. The first-order chi connectivity index (χ1) is 9.28. The number of likely N-dealkylation sites (tertiary alicyclic amines) is 1. The van der Waals surface area contributed by atoms with E-state index in [0.29, 0.717) is 22.8 Å². The Morgan fingerprint density at radius 2 is 2.05 bits per heavy atom. The van der Waals surface area contributed by atoms with E-state index in [9.17, 15) is 4.79 Å². The highest BCUT2D eigenvalue weighted by Crippen LogP contribution is 2.52. The quantitative estimate of drug-likeness (QED) is 0.867. The fourth-order valence-electron chi connectivity index (χ4n) is 4.38. The van der Waals surface area contributed by atoms with Crippen LogP contribution >= 0.6 is 12.4 Å². The molecule has 4 nitrogen and oxygen atoms in total. The molecule has 2 heterocycles. The molecule has 0 aromatic carbocycles. The predicted molar refractivity (Wildman–Crippen MR) is 86.5 cm³/mol. The van der Waals surface area contributed by atoms with Crippen LogP contribution in [0.1, 0.15) is 50.5 Å². The number of nitrogen functional groups attached to an aromatic ring is 1. The highest BCUT2D eigenvalue weighted by atomic mass is 35.5. The van der Waals surface area contributed by atoms with E-state index in [0.717, 1.165) is 19.4 Å². The van der Waals surface area contributed by atoms with Crippen LogP contribution in [0.5, 0.6) is 0 Å². The molecule has 2 N–H and O–H groups in total. The van der Waals surface area contributed by atoms with E-state index >= 15 is 0 Å². The number of nitrogens with zero attached hydrogens (tertiary/aromatic N) is 2. The van der Waals surface area contributed by atoms with Crippen molar-refractivity contribution >= 4 is 24.0 Å². The van der Waals surface area contributed by atoms with E-state index in [1.165, 1.54) is 6.42 Å². The summed E-state index contributed by atoms with van der Waals surface area (Å²) in [5.41, 5.74) is 7.32. The molecule has 2 aliphatic rings. The Hall–Kier alpha value is -1.29. The third kappa shape index (κ3) is 3.00. The minimum Gasteiger partial charge on any atom is -0.397 e. The summed E-state index contributed by atoms with van der Waals surface area (Å²) in [6, 6.07) is 3.83. The Morgan fingerprint density at radius 1 is 1.33 bits per heavy atom. The third-order valence-electron chi connectivity index (χ3n) is 4.68. The van der Waals surface area contributed by atoms with Crippen LogP contribution in [-0.4, -0.2) is 28.4 Å². The van der Waals surface area contributed by atoms with Crippen molar-refractivity contribution in [2.24, 2.45) is 10.8 Å². The van der Waals surface area contributed by atoms with E-state index in [4.69, 9.17) is 5.73 Å². The third-order valence-corrected chi connectivity index (χ3v) is 4.68. The van der Waals surface area contributed by atoms with Crippen molar-refractivity contribution in [3.8, 4) is 0 Å². The van der Waals surface area contributed by atoms with Crippen molar-refractivity contribution in [2.45, 2.75) is 46.1 Å². The summed E-state index contributed by atoms with van der Waals surface area (Å²) in [5, 5.41) is 0. The van der Waals surface area contributed by atoms with Gasteiger partial charge in [-0.1, -0.05) is 20.8 Å². The van der Waals surface area contributed by atoms with Crippen molar-refractivity contribution in [1.82, 2.24) is 9.88 Å². The van der Waals surface area contributed by atoms with Gasteiger partial charge in [0.1, 0.15) is 5.69 Å². The maximum atomic E-state index is 12.7. The molecule has 2 bridgehead atoms. The molecule has 1 saturated carbocycles. The van der Waals surface area contributed by atoms with Crippen LogP contribution in [0.4, 0.5) is 5.69 Å². The predicted octanol–water partition coefficient (Wildman–Crippen LogP) is 3.13. The Balaban J connectivity index is 0.00000161. The van der Waals surface area contributed by atoms with E-state index in [-0.39, 0.29) is 23.7 Å². The number of hydrogen-bond donors (Lipinski definition) is 1. The first-order valence-electron chi connectivity index (χ1n) is 7.31. The van der Waals surface area contributed by atoms with Gasteiger partial charge >= 0.3 is 0 Å². The summed E-state index contributed by atoms with van der Waals surface area (Å²) in [4.78, 5) is 18.9. The van der Waals surface area contributed by atoms with Gasteiger partial charge in [-0.2, -0.15) is 0 Å². The molecular weight excluding hydrogens is 286 g/mol. The van der Waals surface area contributed by atoms with E-state index in [1.54, 1.807) is 18.3 Å². The number of carbonyl (C=O) groups is 1. The van der Waals surface area contributed by atoms with Gasteiger partial charge in [0.25, 0.3) is 5.91 Å². The molecule has 0 radical (unpaired) electrons. The molecule has 3 rings (SSSR count). The molecule has 1 aliphatic carbocycles. The summed E-state index contributed by atoms with van der Waals surface area (Å²) in [6.45, 7) is 7.79. The molecule has 0 spiro atoms. The first kappa shape index (κ1) is 16.1. The lowest BCUT2D eigenvalue weighted by molar-refractivity contribution is 0.0702. The van der Waals surface area contributed by atoms with Gasteiger partial charge in [0, 0.05) is 12.6 Å².